The van der Waals surface area contributed by atoms with Gasteiger partial charge in [-0.15, -0.1) is 10.2 Å². The van der Waals surface area contributed by atoms with Crippen molar-refractivity contribution >= 4 is 23.4 Å². The highest BCUT2D eigenvalue weighted by Gasteiger charge is 2.23. The van der Waals surface area contributed by atoms with Crippen LogP contribution in [0.2, 0.25) is 0 Å². The molecule has 33 heavy (non-hydrogen) atoms. The Kier molecular flexibility index (Phi) is 8.19. The van der Waals surface area contributed by atoms with Crippen LogP contribution in [0, 0.1) is 0 Å². The molecule has 0 spiro atoms. The first-order chi connectivity index (χ1) is 16.2. The molecule has 0 aliphatic heterocycles. The summed E-state index contributed by atoms with van der Waals surface area (Å²) in [6, 6.07) is 13.9. The number of benzene rings is 1. The van der Waals surface area contributed by atoms with Crippen LogP contribution < -0.4 is 15.4 Å². The van der Waals surface area contributed by atoms with Crippen LogP contribution in [0.15, 0.2) is 53.8 Å². The van der Waals surface area contributed by atoms with Crippen LogP contribution >= 0.6 is 11.8 Å². The van der Waals surface area contributed by atoms with Crippen LogP contribution in [0.3, 0.4) is 0 Å². The van der Waals surface area contributed by atoms with Gasteiger partial charge in [0.25, 0.3) is 0 Å². The number of hydrogen-bond donors (Lipinski definition) is 2. The number of nitrogens with zero attached hydrogens (tertiary/aromatic N) is 4. The molecule has 2 aromatic heterocycles. The molecule has 1 aromatic carbocycles. The average Bonchev–Trinajstić information content (AvgIpc) is 3.29. The van der Waals surface area contributed by atoms with Crippen LogP contribution in [0.1, 0.15) is 49.7 Å². The molecule has 2 heterocycles. The second-order valence-corrected chi connectivity index (χ2v) is 8.98. The quantitative estimate of drug-likeness (QED) is 0.432. The molecule has 8 nitrogen and oxygen atoms in total. The minimum absolute atomic E-state index is 0.0418. The van der Waals surface area contributed by atoms with Gasteiger partial charge in [0.15, 0.2) is 11.0 Å². The Balaban J connectivity index is 1.41. The van der Waals surface area contributed by atoms with E-state index in [9.17, 15) is 4.79 Å². The van der Waals surface area contributed by atoms with Crippen molar-refractivity contribution in [2.75, 3.05) is 18.2 Å². The molecular formula is C24H30N6O2S. The molecule has 0 saturated heterocycles. The fraction of sp³-hybridized carbons (Fsp3) is 0.417. The molecule has 3 aromatic rings. The number of rotatable bonds is 10. The zero-order chi connectivity index (χ0) is 22.9. The normalized spacial score (nSPS) is 14.1. The van der Waals surface area contributed by atoms with Crippen molar-refractivity contribution in [3.63, 3.8) is 0 Å². The van der Waals surface area contributed by atoms with Crippen molar-refractivity contribution in [2.24, 2.45) is 0 Å². The number of aromatic nitrogens is 4. The minimum Gasteiger partial charge on any atom is -0.497 e. The van der Waals surface area contributed by atoms with Crippen molar-refractivity contribution in [3.8, 4) is 5.75 Å². The number of carbonyl (C=O) groups excluding carboxylic acids is 1. The lowest BCUT2D eigenvalue weighted by Crippen LogP contribution is -2.25. The molecule has 0 radical (unpaired) electrons. The van der Waals surface area contributed by atoms with E-state index in [1.54, 1.807) is 13.3 Å². The van der Waals surface area contributed by atoms with E-state index in [-0.39, 0.29) is 5.91 Å². The van der Waals surface area contributed by atoms with E-state index in [2.05, 4.69) is 30.4 Å². The van der Waals surface area contributed by atoms with Gasteiger partial charge in [0, 0.05) is 24.0 Å². The predicted molar refractivity (Wildman–Crippen MR) is 129 cm³/mol. The molecule has 1 saturated carbocycles. The smallest absolute Gasteiger partial charge is 0.230 e. The van der Waals surface area contributed by atoms with Crippen LogP contribution in [-0.4, -0.2) is 38.5 Å². The lowest BCUT2D eigenvalue weighted by Gasteiger charge is -2.25. The fourth-order valence-corrected chi connectivity index (χ4v) is 4.87. The van der Waals surface area contributed by atoms with Crippen LogP contribution in [-0.2, 0) is 17.9 Å². The summed E-state index contributed by atoms with van der Waals surface area (Å²) in [5, 5.41) is 16.1. The molecule has 1 aliphatic carbocycles. The number of hydrogen-bond acceptors (Lipinski definition) is 7. The number of amides is 1. The van der Waals surface area contributed by atoms with Gasteiger partial charge in [0.05, 0.1) is 31.6 Å². The molecule has 0 atom stereocenters. The van der Waals surface area contributed by atoms with Gasteiger partial charge in [-0.3, -0.25) is 9.78 Å². The third-order valence-electron chi connectivity index (χ3n) is 5.72. The van der Waals surface area contributed by atoms with E-state index in [1.807, 2.05) is 42.5 Å². The van der Waals surface area contributed by atoms with Crippen LogP contribution in [0.4, 0.5) is 5.69 Å². The second kappa shape index (κ2) is 11.7. The Morgan fingerprint density at radius 3 is 2.79 bits per heavy atom. The summed E-state index contributed by atoms with van der Waals surface area (Å²) in [6.45, 7) is 0.981. The van der Waals surface area contributed by atoms with Gasteiger partial charge in [0.1, 0.15) is 5.75 Å². The topological polar surface area (TPSA) is 94.0 Å². The summed E-state index contributed by atoms with van der Waals surface area (Å²) in [5.41, 5.74) is 1.81. The number of nitrogens with one attached hydrogen (secondary N) is 2. The summed E-state index contributed by atoms with van der Waals surface area (Å²) in [4.78, 5) is 16.7. The van der Waals surface area contributed by atoms with E-state index in [4.69, 9.17) is 4.74 Å². The van der Waals surface area contributed by atoms with Gasteiger partial charge in [-0.2, -0.15) is 0 Å². The summed E-state index contributed by atoms with van der Waals surface area (Å²) in [7, 11) is 1.66. The largest absolute Gasteiger partial charge is 0.497 e. The lowest BCUT2D eigenvalue weighted by molar-refractivity contribution is -0.118. The molecule has 1 aliphatic rings. The number of anilines is 1. The Morgan fingerprint density at radius 1 is 1.12 bits per heavy atom. The SMILES string of the molecule is COc1cccc(NCc2nnc(SCC(=O)NCc3ccccn3)n2C2CCCCC2)c1. The van der Waals surface area contributed by atoms with Gasteiger partial charge in [-0.1, -0.05) is 43.2 Å². The van der Waals surface area contributed by atoms with Crippen LogP contribution in [0.5, 0.6) is 5.75 Å². The Bertz CT molecular complexity index is 1040. The van der Waals surface area contributed by atoms with E-state index in [0.717, 1.165) is 41.0 Å². The van der Waals surface area contributed by atoms with E-state index >= 15 is 0 Å². The summed E-state index contributed by atoms with van der Waals surface area (Å²) in [5.74, 6) is 1.95. The molecule has 9 heteroatoms. The maximum absolute atomic E-state index is 12.4. The second-order valence-electron chi connectivity index (χ2n) is 8.03. The molecule has 2 N–H and O–H groups in total. The number of ether oxygens (including phenoxy) is 1. The fourth-order valence-electron chi connectivity index (χ4n) is 4.02. The number of pyridine rings is 1. The van der Waals surface area contributed by atoms with Gasteiger partial charge in [0.2, 0.25) is 5.91 Å². The third kappa shape index (κ3) is 6.47. The van der Waals surface area contributed by atoms with E-state index in [1.165, 1.54) is 31.0 Å². The van der Waals surface area contributed by atoms with Crippen LogP contribution in [0.25, 0.3) is 0 Å². The Morgan fingerprint density at radius 2 is 2.00 bits per heavy atom. The summed E-state index contributed by atoms with van der Waals surface area (Å²) < 4.78 is 7.55. The standard InChI is InChI=1S/C24H30N6O2S/c1-32-21-12-7-9-18(14-21)26-16-22-28-29-24(30(22)20-10-3-2-4-11-20)33-17-23(31)27-15-19-8-5-6-13-25-19/h5-9,12-14,20,26H,2-4,10-11,15-17H2,1H3,(H,27,31). The molecule has 1 fully saturated rings. The highest BCUT2D eigenvalue weighted by Crippen LogP contribution is 2.33. The van der Waals surface area contributed by atoms with E-state index in [0.29, 0.717) is 24.9 Å². The van der Waals surface area contributed by atoms with Gasteiger partial charge in [-0.05, 0) is 37.1 Å². The Labute approximate surface area is 198 Å². The van der Waals surface area contributed by atoms with E-state index < -0.39 is 0 Å². The minimum atomic E-state index is -0.0418. The summed E-state index contributed by atoms with van der Waals surface area (Å²) >= 11 is 1.44. The molecule has 0 bridgehead atoms. The highest BCUT2D eigenvalue weighted by molar-refractivity contribution is 7.99. The molecule has 1 amide bonds. The Hall–Kier alpha value is -3.07. The van der Waals surface area contributed by atoms with Gasteiger partial charge in [-0.25, -0.2) is 0 Å². The number of carbonyl (C=O) groups is 1. The van der Waals surface area contributed by atoms with Crippen molar-refractivity contribution in [3.05, 3.63) is 60.2 Å². The third-order valence-corrected chi connectivity index (χ3v) is 6.66. The average molecular weight is 467 g/mol. The number of methoxy groups -OCH3 is 1. The predicted octanol–water partition coefficient (Wildman–Crippen LogP) is 4.21. The zero-order valence-electron chi connectivity index (χ0n) is 18.9. The first-order valence-electron chi connectivity index (χ1n) is 11.3. The van der Waals surface area contributed by atoms with Gasteiger partial charge >= 0.3 is 0 Å². The number of thioether (sulfide) groups is 1. The van der Waals surface area contributed by atoms with Gasteiger partial charge < -0.3 is 19.9 Å². The van der Waals surface area contributed by atoms with Crippen molar-refractivity contribution in [1.29, 1.82) is 0 Å². The zero-order valence-corrected chi connectivity index (χ0v) is 19.7. The maximum atomic E-state index is 12.4. The van der Waals surface area contributed by atoms with Crippen molar-refractivity contribution in [2.45, 2.75) is 56.4 Å². The monoisotopic (exact) mass is 466 g/mol. The molecule has 0 unspecified atom stereocenters. The first kappa shape index (κ1) is 23.1. The first-order valence-corrected chi connectivity index (χ1v) is 12.3. The van der Waals surface area contributed by atoms with Crippen molar-refractivity contribution < 1.29 is 9.53 Å². The van der Waals surface area contributed by atoms with Crippen molar-refractivity contribution in [1.82, 2.24) is 25.1 Å². The molecule has 4 rings (SSSR count). The summed E-state index contributed by atoms with van der Waals surface area (Å²) in [6.07, 6.45) is 7.65. The molecule has 174 valence electrons. The maximum Gasteiger partial charge on any atom is 0.230 e. The highest BCUT2D eigenvalue weighted by atomic mass is 32.2. The molecular weight excluding hydrogens is 436 g/mol. The lowest BCUT2D eigenvalue weighted by atomic mass is 9.95.